The van der Waals surface area contributed by atoms with Crippen molar-refractivity contribution in [1.82, 2.24) is 0 Å². The molecule has 204 valence electrons. The van der Waals surface area contributed by atoms with Gasteiger partial charge in [-0.25, -0.2) is 0 Å². The lowest BCUT2D eigenvalue weighted by atomic mass is 10.0. The molecule has 0 aromatic heterocycles. The number of halogens is 1. The number of benzene rings is 4. The molecule has 0 unspecified atom stereocenters. The maximum atomic E-state index is 11.4. The first-order valence-electron chi connectivity index (χ1n) is 12.5. The van der Waals surface area contributed by atoms with Crippen molar-refractivity contribution in [3.05, 3.63) is 105 Å². The first-order chi connectivity index (χ1) is 18.6. The summed E-state index contributed by atoms with van der Waals surface area (Å²) in [4.78, 5) is 11.0. The molecule has 0 aliphatic carbocycles. The SMILES string of the molecule is CC(C)Nc1ccc(Br)c(Oc2ccccc2)c1[N+](=O)[O-].CC(C)c1ccc(N)c(N)c1Oc1ccccc1. The van der Waals surface area contributed by atoms with E-state index in [-0.39, 0.29) is 17.5 Å². The summed E-state index contributed by atoms with van der Waals surface area (Å²) in [7, 11) is 0. The molecule has 0 heterocycles. The smallest absolute Gasteiger partial charge is 0.335 e. The minimum absolute atomic E-state index is 0.0782. The number of hydrogen-bond donors (Lipinski definition) is 3. The Labute approximate surface area is 237 Å². The zero-order chi connectivity index (χ0) is 28.5. The van der Waals surface area contributed by atoms with E-state index in [1.807, 2.05) is 74.5 Å². The summed E-state index contributed by atoms with van der Waals surface area (Å²) in [5.74, 6) is 2.49. The van der Waals surface area contributed by atoms with Gasteiger partial charge in [-0.1, -0.05) is 56.3 Å². The van der Waals surface area contributed by atoms with Gasteiger partial charge in [0.2, 0.25) is 5.75 Å². The van der Waals surface area contributed by atoms with Crippen molar-refractivity contribution < 1.29 is 14.4 Å². The van der Waals surface area contributed by atoms with Gasteiger partial charge in [0.05, 0.1) is 20.8 Å². The van der Waals surface area contributed by atoms with Crippen LogP contribution in [0.2, 0.25) is 0 Å². The Morgan fingerprint density at radius 1 is 0.795 bits per heavy atom. The van der Waals surface area contributed by atoms with Crippen LogP contribution in [0.1, 0.15) is 39.2 Å². The molecule has 0 spiro atoms. The number of nitrogens with two attached hydrogens (primary N) is 2. The van der Waals surface area contributed by atoms with Crippen LogP contribution in [0, 0.1) is 10.1 Å². The molecular formula is C30H33BrN4O4. The normalized spacial score (nSPS) is 10.5. The molecule has 0 amide bonds. The number of nitro groups is 1. The number of anilines is 3. The second-order valence-corrected chi connectivity index (χ2v) is 10.2. The molecule has 8 nitrogen and oxygen atoms in total. The number of nitrogens with one attached hydrogen (secondary N) is 1. The van der Waals surface area contributed by atoms with Crippen molar-refractivity contribution in [2.24, 2.45) is 0 Å². The molecule has 0 aliphatic heterocycles. The summed E-state index contributed by atoms with van der Waals surface area (Å²) in [5.41, 5.74) is 14.3. The number of hydrogen-bond acceptors (Lipinski definition) is 7. The molecule has 9 heteroatoms. The summed E-state index contributed by atoms with van der Waals surface area (Å²) in [5, 5.41) is 14.5. The third kappa shape index (κ3) is 7.87. The molecule has 4 aromatic rings. The van der Waals surface area contributed by atoms with Crippen LogP contribution in [0.15, 0.2) is 89.4 Å². The highest BCUT2D eigenvalue weighted by Crippen LogP contribution is 2.43. The minimum atomic E-state index is -0.437. The van der Waals surface area contributed by atoms with Gasteiger partial charge in [-0.2, -0.15) is 0 Å². The molecule has 0 bridgehead atoms. The number of nitrogen functional groups attached to an aromatic ring is 2. The Balaban J connectivity index is 0.000000218. The average Bonchev–Trinajstić information content (AvgIpc) is 2.90. The molecule has 0 fully saturated rings. The first-order valence-corrected chi connectivity index (χ1v) is 13.2. The number of rotatable bonds is 8. The van der Waals surface area contributed by atoms with Gasteiger partial charge in [0.25, 0.3) is 0 Å². The molecular weight excluding hydrogens is 560 g/mol. The van der Waals surface area contributed by atoms with Crippen LogP contribution in [0.25, 0.3) is 0 Å². The summed E-state index contributed by atoms with van der Waals surface area (Å²) >= 11 is 3.32. The average molecular weight is 594 g/mol. The molecule has 5 N–H and O–H groups in total. The lowest BCUT2D eigenvalue weighted by Gasteiger charge is -2.17. The quantitative estimate of drug-likeness (QED) is 0.106. The van der Waals surface area contributed by atoms with Gasteiger partial charge >= 0.3 is 5.69 Å². The lowest BCUT2D eigenvalue weighted by molar-refractivity contribution is -0.384. The zero-order valence-electron chi connectivity index (χ0n) is 22.4. The molecule has 0 saturated heterocycles. The van der Waals surface area contributed by atoms with Crippen LogP contribution >= 0.6 is 15.9 Å². The van der Waals surface area contributed by atoms with Crippen molar-refractivity contribution in [3.63, 3.8) is 0 Å². The van der Waals surface area contributed by atoms with Crippen LogP contribution in [0.4, 0.5) is 22.7 Å². The van der Waals surface area contributed by atoms with Crippen molar-refractivity contribution >= 4 is 38.7 Å². The van der Waals surface area contributed by atoms with Gasteiger partial charge in [-0.15, -0.1) is 0 Å². The minimum Gasteiger partial charge on any atom is -0.455 e. The Morgan fingerprint density at radius 3 is 1.82 bits per heavy atom. The lowest BCUT2D eigenvalue weighted by Crippen LogP contribution is -2.11. The van der Waals surface area contributed by atoms with Gasteiger partial charge in [-0.05, 0) is 83.7 Å². The first kappa shape index (κ1) is 29.3. The topological polar surface area (TPSA) is 126 Å². The second kappa shape index (κ2) is 13.5. The maximum absolute atomic E-state index is 11.4. The van der Waals surface area contributed by atoms with Crippen LogP contribution in [-0.2, 0) is 0 Å². The van der Waals surface area contributed by atoms with Crippen LogP contribution < -0.4 is 26.3 Å². The molecule has 0 saturated carbocycles. The van der Waals surface area contributed by atoms with Gasteiger partial charge < -0.3 is 26.3 Å². The molecule has 4 rings (SSSR count). The van der Waals surface area contributed by atoms with E-state index >= 15 is 0 Å². The van der Waals surface area contributed by atoms with E-state index in [4.69, 9.17) is 20.9 Å². The highest BCUT2D eigenvalue weighted by Gasteiger charge is 2.25. The van der Waals surface area contributed by atoms with Crippen molar-refractivity contribution in [3.8, 4) is 23.0 Å². The Bertz CT molecular complexity index is 1400. The maximum Gasteiger partial charge on any atom is 0.335 e. The van der Waals surface area contributed by atoms with E-state index in [0.29, 0.717) is 39.0 Å². The predicted octanol–water partition coefficient (Wildman–Crippen LogP) is 8.74. The fraction of sp³-hybridized carbons (Fsp3) is 0.200. The second-order valence-electron chi connectivity index (χ2n) is 9.30. The van der Waals surface area contributed by atoms with Gasteiger partial charge in [0.1, 0.15) is 17.2 Å². The molecule has 4 aromatic carbocycles. The fourth-order valence-electron chi connectivity index (χ4n) is 3.67. The largest absolute Gasteiger partial charge is 0.455 e. The van der Waals surface area contributed by atoms with Gasteiger partial charge in [0, 0.05) is 6.04 Å². The van der Waals surface area contributed by atoms with E-state index in [9.17, 15) is 10.1 Å². The monoisotopic (exact) mass is 592 g/mol. The number of para-hydroxylation sites is 2. The summed E-state index contributed by atoms with van der Waals surface area (Å²) in [6.45, 7) is 8.04. The van der Waals surface area contributed by atoms with Crippen LogP contribution in [-0.4, -0.2) is 11.0 Å². The number of nitrogens with zero attached hydrogens (tertiary/aromatic N) is 1. The van der Waals surface area contributed by atoms with E-state index in [1.165, 1.54) is 0 Å². The van der Waals surface area contributed by atoms with E-state index in [1.54, 1.807) is 24.3 Å². The summed E-state index contributed by atoms with van der Waals surface area (Å²) < 4.78 is 12.1. The zero-order valence-corrected chi connectivity index (χ0v) is 23.9. The van der Waals surface area contributed by atoms with Gasteiger partial charge in [0.15, 0.2) is 5.75 Å². The Kier molecular flexibility index (Phi) is 10.2. The molecule has 0 radical (unpaired) electrons. The Morgan fingerprint density at radius 2 is 1.33 bits per heavy atom. The third-order valence-electron chi connectivity index (χ3n) is 5.52. The van der Waals surface area contributed by atoms with E-state index in [2.05, 4.69) is 35.1 Å². The highest BCUT2D eigenvalue weighted by molar-refractivity contribution is 9.10. The van der Waals surface area contributed by atoms with Gasteiger partial charge in [-0.3, -0.25) is 10.1 Å². The van der Waals surface area contributed by atoms with Crippen molar-refractivity contribution in [2.45, 2.75) is 39.7 Å². The van der Waals surface area contributed by atoms with Crippen LogP contribution in [0.5, 0.6) is 23.0 Å². The summed E-state index contributed by atoms with van der Waals surface area (Å²) in [6.07, 6.45) is 0. The van der Waals surface area contributed by atoms with Crippen LogP contribution in [0.3, 0.4) is 0 Å². The number of ether oxygens (including phenoxy) is 2. The molecule has 39 heavy (non-hydrogen) atoms. The highest BCUT2D eigenvalue weighted by atomic mass is 79.9. The van der Waals surface area contributed by atoms with E-state index < -0.39 is 4.92 Å². The van der Waals surface area contributed by atoms with Crippen molar-refractivity contribution in [2.75, 3.05) is 16.8 Å². The third-order valence-corrected chi connectivity index (χ3v) is 6.14. The predicted molar refractivity (Wildman–Crippen MR) is 162 cm³/mol. The Hall–Kier alpha value is -4.24. The molecule has 0 aliphatic rings. The standard InChI is InChI=1S/C15H15BrN2O3.C15H18N2O/c1-10(2)17-13-9-8-12(16)15(14(13)18(19)20)21-11-6-4-3-5-7-11;1-10(2)12-8-9-13(16)14(17)15(12)18-11-6-4-3-5-7-11/h3-10,17H,1-2H3;3-10H,16-17H2,1-2H3. The number of nitro benzene ring substituents is 1. The van der Waals surface area contributed by atoms with Crippen molar-refractivity contribution in [1.29, 1.82) is 0 Å². The molecule has 0 atom stereocenters. The van der Waals surface area contributed by atoms with E-state index in [0.717, 1.165) is 11.3 Å². The summed E-state index contributed by atoms with van der Waals surface area (Å²) in [6, 6.07) is 25.8. The fourth-order valence-corrected chi connectivity index (χ4v) is 4.07.